The van der Waals surface area contributed by atoms with Gasteiger partial charge in [0.1, 0.15) is 0 Å². The van der Waals surface area contributed by atoms with E-state index in [0.717, 1.165) is 24.1 Å². The average molecular weight is 213 g/mol. The van der Waals surface area contributed by atoms with Crippen LogP contribution < -0.4 is 0 Å². The molecule has 1 aromatic rings. The van der Waals surface area contributed by atoms with E-state index in [0.29, 0.717) is 6.04 Å². The summed E-state index contributed by atoms with van der Waals surface area (Å²) < 4.78 is 0. The Bertz CT molecular complexity index is 435. The molecular formula is C14H15NO. The molecule has 0 aromatic heterocycles. The Hall–Kier alpha value is -1.57. The van der Waals surface area contributed by atoms with Crippen molar-refractivity contribution < 1.29 is 4.79 Å². The van der Waals surface area contributed by atoms with Crippen molar-refractivity contribution >= 4 is 12.0 Å². The third-order valence-electron chi connectivity index (χ3n) is 3.51. The second-order valence-electron chi connectivity index (χ2n) is 4.58. The molecule has 1 amide bonds. The van der Waals surface area contributed by atoms with Gasteiger partial charge in [-0.15, -0.1) is 0 Å². The molecule has 2 aliphatic heterocycles. The number of hydrogen-bond donors (Lipinski definition) is 0. The topological polar surface area (TPSA) is 20.3 Å². The predicted molar refractivity (Wildman–Crippen MR) is 63.8 cm³/mol. The number of amides is 1. The van der Waals surface area contributed by atoms with Crippen LogP contribution in [0.1, 0.15) is 24.8 Å². The summed E-state index contributed by atoms with van der Waals surface area (Å²) in [5.41, 5.74) is 2.11. The molecule has 2 aliphatic rings. The van der Waals surface area contributed by atoms with E-state index in [4.69, 9.17) is 0 Å². The Balaban J connectivity index is 1.87. The smallest absolute Gasteiger partial charge is 0.250 e. The SMILES string of the molecule is O=C1/C(=C\c2ccccc2)CC2CCCN12. The van der Waals surface area contributed by atoms with Gasteiger partial charge in [-0.05, 0) is 30.9 Å². The van der Waals surface area contributed by atoms with Crippen LogP contribution in [0.15, 0.2) is 35.9 Å². The van der Waals surface area contributed by atoms with E-state index >= 15 is 0 Å². The van der Waals surface area contributed by atoms with Crippen LogP contribution in [0.4, 0.5) is 0 Å². The van der Waals surface area contributed by atoms with E-state index in [1.807, 2.05) is 41.3 Å². The number of benzene rings is 1. The van der Waals surface area contributed by atoms with Crippen molar-refractivity contribution in [3.63, 3.8) is 0 Å². The summed E-state index contributed by atoms with van der Waals surface area (Å²) in [6, 6.07) is 10.6. The van der Waals surface area contributed by atoms with Crippen molar-refractivity contribution in [3.8, 4) is 0 Å². The van der Waals surface area contributed by atoms with Gasteiger partial charge in [0.15, 0.2) is 0 Å². The zero-order valence-corrected chi connectivity index (χ0v) is 9.23. The second kappa shape index (κ2) is 3.78. The summed E-state index contributed by atoms with van der Waals surface area (Å²) in [6.45, 7) is 0.954. The molecule has 16 heavy (non-hydrogen) atoms. The van der Waals surface area contributed by atoms with Gasteiger partial charge in [-0.2, -0.15) is 0 Å². The van der Waals surface area contributed by atoms with Crippen LogP contribution in [0.2, 0.25) is 0 Å². The molecule has 2 nitrogen and oxygen atoms in total. The number of fused-ring (bicyclic) bond motifs is 1. The second-order valence-corrected chi connectivity index (χ2v) is 4.58. The molecule has 2 heteroatoms. The molecule has 2 fully saturated rings. The first kappa shape index (κ1) is 9.64. The highest BCUT2D eigenvalue weighted by molar-refractivity contribution is 6.00. The zero-order valence-electron chi connectivity index (χ0n) is 9.23. The minimum atomic E-state index is 0.256. The molecule has 2 heterocycles. The van der Waals surface area contributed by atoms with Gasteiger partial charge in [-0.1, -0.05) is 30.3 Å². The molecule has 82 valence electrons. The predicted octanol–water partition coefficient (Wildman–Crippen LogP) is 2.46. The summed E-state index contributed by atoms with van der Waals surface area (Å²) in [5, 5.41) is 0. The lowest BCUT2D eigenvalue weighted by molar-refractivity contribution is -0.125. The van der Waals surface area contributed by atoms with Crippen molar-refractivity contribution in [2.45, 2.75) is 25.3 Å². The van der Waals surface area contributed by atoms with Crippen molar-refractivity contribution in [2.75, 3.05) is 6.54 Å². The van der Waals surface area contributed by atoms with Crippen LogP contribution in [-0.2, 0) is 4.79 Å². The van der Waals surface area contributed by atoms with Gasteiger partial charge >= 0.3 is 0 Å². The fourth-order valence-corrected chi connectivity index (χ4v) is 2.71. The fourth-order valence-electron chi connectivity index (χ4n) is 2.71. The maximum Gasteiger partial charge on any atom is 0.250 e. The Labute approximate surface area is 95.6 Å². The first-order chi connectivity index (χ1) is 7.84. The average Bonchev–Trinajstić information content (AvgIpc) is 2.86. The summed E-state index contributed by atoms with van der Waals surface area (Å²) in [6.07, 6.45) is 5.33. The van der Waals surface area contributed by atoms with Crippen LogP contribution >= 0.6 is 0 Å². The van der Waals surface area contributed by atoms with Gasteiger partial charge in [0.2, 0.25) is 5.91 Å². The Kier molecular flexibility index (Phi) is 2.28. The van der Waals surface area contributed by atoms with Crippen LogP contribution in [-0.4, -0.2) is 23.4 Å². The van der Waals surface area contributed by atoms with Gasteiger partial charge in [0.05, 0.1) is 0 Å². The normalized spacial score (nSPS) is 26.5. The van der Waals surface area contributed by atoms with Gasteiger partial charge in [-0.25, -0.2) is 0 Å². The lowest BCUT2D eigenvalue weighted by atomic mass is 10.1. The third-order valence-corrected chi connectivity index (χ3v) is 3.51. The quantitative estimate of drug-likeness (QED) is 0.656. The molecule has 0 aliphatic carbocycles. The van der Waals surface area contributed by atoms with E-state index < -0.39 is 0 Å². The number of nitrogens with zero attached hydrogens (tertiary/aromatic N) is 1. The van der Waals surface area contributed by atoms with E-state index in [-0.39, 0.29) is 5.91 Å². The Morgan fingerprint density at radius 1 is 1.25 bits per heavy atom. The van der Waals surface area contributed by atoms with E-state index in [2.05, 4.69) is 0 Å². The molecule has 3 rings (SSSR count). The summed E-state index contributed by atoms with van der Waals surface area (Å²) in [7, 11) is 0. The van der Waals surface area contributed by atoms with Crippen molar-refractivity contribution in [2.24, 2.45) is 0 Å². The van der Waals surface area contributed by atoms with Gasteiger partial charge in [-0.3, -0.25) is 4.79 Å². The van der Waals surface area contributed by atoms with E-state index in [1.165, 1.54) is 12.8 Å². The van der Waals surface area contributed by atoms with Gasteiger partial charge in [0, 0.05) is 18.2 Å². The van der Waals surface area contributed by atoms with Gasteiger partial charge in [0.25, 0.3) is 0 Å². The first-order valence-corrected chi connectivity index (χ1v) is 5.91. The molecule has 0 spiro atoms. The molecule has 0 saturated carbocycles. The minimum Gasteiger partial charge on any atom is -0.336 e. The summed E-state index contributed by atoms with van der Waals surface area (Å²) in [5.74, 6) is 0.256. The highest BCUT2D eigenvalue weighted by Crippen LogP contribution is 2.32. The number of carbonyl (C=O) groups excluding carboxylic acids is 1. The Morgan fingerprint density at radius 3 is 2.81 bits per heavy atom. The van der Waals surface area contributed by atoms with Crippen LogP contribution in [0.25, 0.3) is 6.08 Å². The van der Waals surface area contributed by atoms with E-state index in [9.17, 15) is 4.79 Å². The molecular weight excluding hydrogens is 198 g/mol. The van der Waals surface area contributed by atoms with Crippen molar-refractivity contribution in [3.05, 3.63) is 41.5 Å². The molecule has 1 atom stereocenters. The maximum atomic E-state index is 12.0. The molecule has 1 unspecified atom stereocenters. The molecule has 1 aromatic carbocycles. The molecule has 0 bridgehead atoms. The first-order valence-electron chi connectivity index (χ1n) is 5.91. The monoisotopic (exact) mass is 213 g/mol. The standard InChI is InChI=1S/C14H15NO/c16-14-12(9-11-5-2-1-3-6-11)10-13-7-4-8-15(13)14/h1-3,5-6,9,13H,4,7-8,10H2/b12-9-. The van der Waals surface area contributed by atoms with Crippen LogP contribution in [0.3, 0.4) is 0 Å². The Morgan fingerprint density at radius 2 is 2.06 bits per heavy atom. The summed E-state index contributed by atoms with van der Waals surface area (Å²) in [4.78, 5) is 14.1. The summed E-state index contributed by atoms with van der Waals surface area (Å²) >= 11 is 0. The maximum absolute atomic E-state index is 12.0. The number of carbonyl (C=O) groups is 1. The van der Waals surface area contributed by atoms with Crippen LogP contribution in [0, 0.1) is 0 Å². The largest absolute Gasteiger partial charge is 0.336 e. The number of rotatable bonds is 1. The molecule has 0 radical (unpaired) electrons. The third kappa shape index (κ3) is 1.54. The molecule has 0 N–H and O–H groups in total. The van der Waals surface area contributed by atoms with Crippen LogP contribution in [0.5, 0.6) is 0 Å². The number of hydrogen-bond acceptors (Lipinski definition) is 1. The highest BCUT2D eigenvalue weighted by atomic mass is 16.2. The van der Waals surface area contributed by atoms with Gasteiger partial charge < -0.3 is 4.90 Å². The zero-order chi connectivity index (χ0) is 11.0. The fraction of sp³-hybridized carbons (Fsp3) is 0.357. The minimum absolute atomic E-state index is 0.256. The molecule has 2 saturated heterocycles. The van der Waals surface area contributed by atoms with Crippen molar-refractivity contribution in [1.82, 2.24) is 4.90 Å². The lowest BCUT2D eigenvalue weighted by Crippen LogP contribution is -2.26. The highest BCUT2D eigenvalue weighted by Gasteiger charge is 2.37. The van der Waals surface area contributed by atoms with Crippen molar-refractivity contribution in [1.29, 1.82) is 0 Å². The lowest BCUT2D eigenvalue weighted by Gasteiger charge is -2.12. The van der Waals surface area contributed by atoms with E-state index in [1.54, 1.807) is 0 Å².